The third-order valence-corrected chi connectivity index (χ3v) is 8.68. The van der Waals surface area contributed by atoms with Crippen LogP contribution in [0.3, 0.4) is 0 Å². The zero-order valence-electron chi connectivity index (χ0n) is 17.0. The molecule has 2 aromatic heterocycles. The number of rotatable bonds is 3. The van der Waals surface area contributed by atoms with E-state index >= 15 is 0 Å². The highest BCUT2D eigenvalue weighted by molar-refractivity contribution is 7.91. The number of hydrogen-bond acceptors (Lipinski definition) is 8. The Hall–Kier alpha value is -2.23. The zero-order chi connectivity index (χ0) is 21.0. The third-order valence-electron chi connectivity index (χ3n) is 5.41. The summed E-state index contributed by atoms with van der Waals surface area (Å²) in [5, 5.41) is 1.96. The first-order valence-electron chi connectivity index (χ1n) is 9.77. The molecule has 0 spiro atoms. The molecule has 4 aromatic rings. The predicted octanol–water partition coefficient (Wildman–Crippen LogP) is 4.25. The van der Waals surface area contributed by atoms with E-state index in [1.165, 1.54) is 22.1 Å². The fourth-order valence-corrected chi connectivity index (χ4v) is 7.06. The minimum Gasteiger partial charge on any atom is -0.345 e. The Morgan fingerprint density at radius 2 is 1.47 bits per heavy atom. The van der Waals surface area contributed by atoms with Gasteiger partial charge in [0.1, 0.15) is 5.52 Å². The van der Waals surface area contributed by atoms with Gasteiger partial charge in [-0.2, -0.15) is 0 Å². The van der Waals surface area contributed by atoms with E-state index < -0.39 is 9.84 Å². The number of thiazole rings is 2. The smallest absolute Gasteiger partial charge is 0.186 e. The van der Waals surface area contributed by atoms with E-state index in [0.29, 0.717) is 10.4 Å². The average Bonchev–Trinajstić information content (AvgIpc) is 3.31. The molecule has 1 fully saturated rings. The second-order valence-electron chi connectivity index (χ2n) is 7.77. The maximum atomic E-state index is 12.1. The molecule has 1 saturated heterocycles. The fraction of sp³-hybridized carbons (Fsp3) is 0.333. The SMILES string of the molecule is Cc1cc(C)c2nc(N3CCN(c4nc5c(S(C)(=O)=O)cccc5s4)CC3)sc2c1. The number of fused-ring (bicyclic) bond motifs is 2. The van der Waals surface area contributed by atoms with Gasteiger partial charge < -0.3 is 9.80 Å². The lowest BCUT2D eigenvalue weighted by molar-refractivity contribution is 0.602. The summed E-state index contributed by atoms with van der Waals surface area (Å²) in [4.78, 5) is 14.5. The number of piperazine rings is 1. The van der Waals surface area contributed by atoms with Crippen LogP contribution in [0.5, 0.6) is 0 Å². The van der Waals surface area contributed by atoms with E-state index in [-0.39, 0.29) is 0 Å². The second kappa shape index (κ2) is 7.18. The third kappa shape index (κ3) is 3.44. The van der Waals surface area contributed by atoms with E-state index in [1.54, 1.807) is 34.8 Å². The number of sulfone groups is 1. The quantitative estimate of drug-likeness (QED) is 0.457. The molecule has 5 rings (SSSR count). The Kier molecular flexibility index (Phi) is 4.72. The predicted molar refractivity (Wildman–Crippen MR) is 126 cm³/mol. The summed E-state index contributed by atoms with van der Waals surface area (Å²) in [7, 11) is -3.30. The van der Waals surface area contributed by atoms with Gasteiger partial charge in [0.25, 0.3) is 0 Å². The number of hydrogen-bond donors (Lipinski definition) is 0. The van der Waals surface area contributed by atoms with Crippen molar-refractivity contribution in [3.63, 3.8) is 0 Å². The molecule has 9 heteroatoms. The lowest BCUT2D eigenvalue weighted by Gasteiger charge is -2.34. The Balaban J connectivity index is 1.38. The lowest BCUT2D eigenvalue weighted by atomic mass is 10.1. The molecule has 0 amide bonds. The summed E-state index contributed by atoms with van der Waals surface area (Å²) in [5.74, 6) is 0. The van der Waals surface area contributed by atoms with Gasteiger partial charge in [0.15, 0.2) is 20.1 Å². The summed E-state index contributed by atoms with van der Waals surface area (Å²) in [5.41, 5.74) is 4.17. The van der Waals surface area contributed by atoms with E-state index in [1.807, 2.05) is 6.07 Å². The molecule has 1 aliphatic rings. The van der Waals surface area contributed by atoms with Gasteiger partial charge in [-0.15, -0.1) is 0 Å². The highest BCUT2D eigenvalue weighted by atomic mass is 32.2. The highest BCUT2D eigenvalue weighted by Crippen LogP contribution is 2.35. The van der Waals surface area contributed by atoms with Crippen molar-refractivity contribution in [2.45, 2.75) is 18.7 Å². The van der Waals surface area contributed by atoms with Gasteiger partial charge in [-0.1, -0.05) is 34.8 Å². The number of nitrogens with zero attached hydrogens (tertiary/aromatic N) is 4. The van der Waals surface area contributed by atoms with Crippen molar-refractivity contribution >= 4 is 63.2 Å². The van der Waals surface area contributed by atoms with Crippen molar-refractivity contribution in [1.82, 2.24) is 9.97 Å². The van der Waals surface area contributed by atoms with Crippen molar-refractivity contribution in [2.24, 2.45) is 0 Å². The van der Waals surface area contributed by atoms with Gasteiger partial charge in [-0.3, -0.25) is 0 Å². The zero-order valence-corrected chi connectivity index (χ0v) is 19.5. The maximum absolute atomic E-state index is 12.1. The largest absolute Gasteiger partial charge is 0.345 e. The number of para-hydroxylation sites is 1. The Morgan fingerprint density at radius 3 is 2.10 bits per heavy atom. The van der Waals surface area contributed by atoms with Crippen LogP contribution >= 0.6 is 22.7 Å². The molecule has 0 radical (unpaired) electrons. The van der Waals surface area contributed by atoms with Crippen molar-refractivity contribution in [3.8, 4) is 0 Å². The molecule has 1 aliphatic heterocycles. The van der Waals surface area contributed by atoms with Crippen LogP contribution in [-0.2, 0) is 9.84 Å². The Bertz CT molecular complexity index is 1370. The van der Waals surface area contributed by atoms with Gasteiger partial charge in [0, 0.05) is 32.4 Å². The topological polar surface area (TPSA) is 66.4 Å². The van der Waals surface area contributed by atoms with Crippen LogP contribution in [0.15, 0.2) is 35.2 Å². The van der Waals surface area contributed by atoms with E-state index in [0.717, 1.165) is 46.7 Å². The average molecular weight is 459 g/mol. The molecule has 3 heterocycles. The van der Waals surface area contributed by atoms with Gasteiger partial charge in [-0.25, -0.2) is 18.4 Å². The molecule has 0 unspecified atom stereocenters. The van der Waals surface area contributed by atoms with Crippen LogP contribution in [0.1, 0.15) is 11.1 Å². The Morgan fingerprint density at radius 1 is 0.867 bits per heavy atom. The minimum atomic E-state index is -3.30. The standard InChI is InChI=1S/C21H22N4O2S3/c1-13-11-14(2)18-16(12-13)29-20(22-18)24-7-9-25(10-8-24)21-23-19-15(28-21)5-4-6-17(19)30(3,26)27/h4-6,11-12H,7-10H2,1-3H3. The van der Waals surface area contributed by atoms with E-state index in [4.69, 9.17) is 9.97 Å². The number of aryl methyl sites for hydroxylation is 2. The van der Waals surface area contributed by atoms with Crippen molar-refractivity contribution < 1.29 is 8.42 Å². The monoisotopic (exact) mass is 458 g/mol. The maximum Gasteiger partial charge on any atom is 0.186 e. The lowest BCUT2D eigenvalue weighted by Crippen LogP contribution is -2.46. The summed E-state index contributed by atoms with van der Waals surface area (Å²) >= 11 is 3.31. The first-order valence-corrected chi connectivity index (χ1v) is 13.3. The molecule has 6 nitrogen and oxygen atoms in total. The molecule has 2 aromatic carbocycles. The van der Waals surface area contributed by atoms with Crippen LogP contribution in [0.2, 0.25) is 0 Å². The van der Waals surface area contributed by atoms with Crippen molar-refractivity contribution in [2.75, 3.05) is 42.2 Å². The van der Waals surface area contributed by atoms with Gasteiger partial charge >= 0.3 is 0 Å². The summed E-state index contributed by atoms with van der Waals surface area (Å²) < 4.78 is 26.3. The van der Waals surface area contributed by atoms with Crippen LogP contribution in [0.4, 0.5) is 10.3 Å². The fourth-order valence-electron chi connectivity index (χ4n) is 3.93. The molecule has 0 saturated carbocycles. The van der Waals surface area contributed by atoms with Crippen LogP contribution in [0.25, 0.3) is 20.4 Å². The van der Waals surface area contributed by atoms with Crippen LogP contribution < -0.4 is 9.80 Å². The van der Waals surface area contributed by atoms with E-state index in [9.17, 15) is 8.42 Å². The highest BCUT2D eigenvalue weighted by Gasteiger charge is 2.24. The molecule has 0 N–H and O–H groups in total. The second-order valence-corrected chi connectivity index (χ2v) is 11.8. The van der Waals surface area contributed by atoms with Crippen LogP contribution in [-0.4, -0.2) is 50.8 Å². The number of anilines is 2. The molecular weight excluding hydrogens is 436 g/mol. The minimum absolute atomic E-state index is 0.307. The molecule has 0 bridgehead atoms. The van der Waals surface area contributed by atoms with Crippen molar-refractivity contribution in [1.29, 1.82) is 0 Å². The summed E-state index contributed by atoms with van der Waals surface area (Å²) in [6, 6.07) is 9.75. The molecular formula is C21H22N4O2S3. The van der Waals surface area contributed by atoms with E-state index in [2.05, 4.69) is 35.8 Å². The summed E-state index contributed by atoms with van der Waals surface area (Å²) in [6.07, 6.45) is 1.24. The molecule has 30 heavy (non-hydrogen) atoms. The number of benzene rings is 2. The van der Waals surface area contributed by atoms with Gasteiger partial charge in [0.2, 0.25) is 0 Å². The molecule has 0 atom stereocenters. The van der Waals surface area contributed by atoms with Crippen LogP contribution in [0, 0.1) is 13.8 Å². The number of aromatic nitrogens is 2. The van der Waals surface area contributed by atoms with Gasteiger partial charge in [-0.05, 0) is 43.2 Å². The normalized spacial score (nSPS) is 15.4. The molecule has 0 aliphatic carbocycles. The summed E-state index contributed by atoms with van der Waals surface area (Å²) in [6.45, 7) is 7.65. The first-order chi connectivity index (χ1) is 14.3. The van der Waals surface area contributed by atoms with Crippen molar-refractivity contribution in [3.05, 3.63) is 41.5 Å². The Labute approximate surface area is 183 Å². The molecule has 156 valence electrons. The van der Waals surface area contributed by atoms with Gasteiger partial charge in [0.05, 0.1) is 19.8 Å². The first kappa shape index (κ1) is 19.7.